The standard InChI is InChI=1S/C36H42N4O6/c1-40(25-11-7-6-8-12-25)36-37-22-26(33-30(45-4)15-10-16-31(33)46-5)34(39-36)38-27(35(41)42)21-23-17-19-24(20-18-23)32-28(43-2)13-9-14-29(32)44-3/h9-10,13-20,22,25,27H,6-8,11-12,21H2,1-5H3,(H,41,42)(H,37,38,39)/t27-/m0/s1. The third kappa shape index (κ3) is 6.96. The first-order valence-electron chi connectivity index (χ1n) is 15.5. The van der Waals surface area contributed by atoms with E-state index in [1.54, 1.807) is 34.6 Å². The molecule has 1 aliphatic rings. The fourth-order valence-electron chi connectivity index (χ4n) is 6.13. The molecule has 46 heavy (non-hydrogen) atoms. The molecule has 0 saturated heterocycles. The number of benzene rings is 3. The summed E-state index contributed by atoms with van der Waals surface area (Å²) in [4.78, 5) is 24.5. The Morgan fingerprint density at radius 2 is 1.39 bits per heavy atom. The average molecular weight is 627 g/mol. The van der Waals surface area contributed by atoms with E-state index in [4.69, 9.17) is 28.9 Å². The van der Waals surface area contributed by atoms with Gasteiger partial charge in [-0.25, -0.2) is 9.78 Å². The Kier molecular flexibility index (Phi) is 10.5. The van der Waals surface area contributed by atoms with Gasteiger partial charge in [0.25, 0.3) is 0 Å². The number of carbonyl (C=O) groups is 1. The van der Waals surface area contributed by atoms with Gasteiger partial charge in [-0.3, -0.25) is 0 Å². The lowest BCUT2D eigenvalue weighted by Crippen LogP contribution is -2.35. The first kappa shape index (κ1) is 32.4. The predicted octanol–water partition coefficient (Wildman–Crippen LogP) is 6.72. The summed E-state index contributed by atoms with van der Waals surface area (Å²) in [5, 5.41) is 13.7. The normalized spacial score (nSPS) is 13.8. The molecule has 1 fully saturated rings. The molecule has 10 heteroatoms. The predicted molar refractivity (Wildman–Crippen MR) is 180 cm³/mol. The second-order valence-corrected chi connectivity index (χ2v) is 11.3. The summed E-state index contributed by atoms with van der Waals surface area (Å²) in [5.41, 5.74) is 3.79. The number of ether oxygens (including phenoxy) is 4. The highest BCUT2D eigenvalue weighted by atomic mass is 16.5. The van der Waals surface area contributed by atoms with Crippen molar-refractivity contribution in [2.45, 2.75) is 50.6 Å². The summed E-state index contributed by atoms with van der Waals surface area (Å²) < 4.78 is 22.5. The van der Waals surface area contributed by atoms with Crippen molar-refractivity contribution in [1.82, 2.24) is 9.97 Å². The summed E-state index contributed by atoms with van der Waals surface area (Å²) in [6.07, 6.45) is 7.63. The van der Waals surface area contributed by atoms with Crippen molar-refractivity contribution in [2.75, 3.05) is 45.7 Å². The molecule has 3 aromatic carbocycles. The molecule has 1 aromatic heterocycles. The molecular weight excluding hydrogens is 584 g/mol. The second-order valence-electron chi connectivity index (χ2n) is 11.3. The highest BCUT2D eigenvalue weighted by Gasteiger charge is 2.26. The molecule has 242 valence electrons. The fraction of sp³-hybridized carbons (Fsp3) is 0.361. The topological polar surface area (TPSA) is 115 Å². The van der Waals surface area contributed by atoms with Crippen LogP contribution in [0.3, 0.4) is 0 Å². The Morgan fingerprint density at radius 3 is 1.91 bits per heavy atom. The number of carboxylic acid groups (broad SMARTS) is 1. The van der Waals surface area contributed by atoms with Gasteiger partial charge < -0.3 is 34.3 Å². The molecule has 10 nitrogen and oxygen atoms in total. The van der Waals surface area contributed by atoms with Crippen LogP contribution in [0.5, 0.6) is 23.0 Å². The van der Waals surface area contributed by atoms with Crippen LogP contribution in [0.15, 0.2) is 66.9 Å². The zero-order chi connectivity index (χ0) is 32.6. The van der Waals surface area contributed by atoms with E-state index >= 15 is 0 Å². The highest BCUT2D eigenvalue weighted by Crippen LogP contribution is 2.42. The van der Waals surface area contributed by atoms with Crippen molar-refractivity contribution in [1.29, 1.82) is 0 Å². The van der Waals surface area contributed by atoms with Gasteiger partial charge in [-0.1, -0.05) is 55.7 Å². The largest absolute Gasteiger partial charge is 0.496 e. The Labute approximate surface area is 270 Å². The minimum Gasteiger partial charge on any atom is -0.496 e. The van der Waals surface area contributed by atoms with E-state index in [1.807, 2.05) is 67.7 Å². The van der Waals surface area contributed by atoms with Gasteiger partial charge in [-0.15, -0.1) is 0 Å². The van der Waals surface area contributed by atoms with E-state index < -0.39 is 12.0 Å². The lowest BCUT2D eigenvalue weighted by molar-refractivity contribution is -0.137. The Hall–Kier alpha value is -4.99. The lowest BCUT2D eigenvalue weighted by atomic mass is 9.95. The van der Waals surface area contributed by atoms with E-state index in [-0.39, 0.29) is 6.42 Å². The molecule has 0 amide bonds. The summed E-state index contributed by atoms with van der Waals surface area (Å²) in [6.45, 7) is 0. The maximum absolute atomic E-state index is 12.7. The lowest BCUT2D eigenvalue weighted by Gasteiger charge is -2.31. The van der Waals surface area contributed by atoms with Crippen LogP contribution in [0.1, 0.15) is 37.7 Å². The monoisotopic (exact) mass is 626 g/mol. The number of hydrogen-bond acceptors (Lipinski definition) is 9. The zero-order valence-electron chi connectivity index (χ0n) is 27.1. The van der Waals surface area contributed by atoms with Crippen LogP contribution in [0.25, 0.3) is 22.3 Å². The molecule has 1 atom stereocenters. The minimum atomic E-state index is -1.01. The number of anilines is 2. The Bertz CT molecular complexity index is 1590. The number of aromatic nitrogens is 2. The van der Waals surface area contributed by atoms with E-state index in [9.17, 15) is 9.90 Å². The maximum atomic E-state index is 12.7. The van der Waals surface area contributed by atoms with Gasteiger partial charge in [-0.2, -0.15) is 4.98 Å². The van der Waals surface area contributed by atoms with Gasteiger partial charge in [0, 0.05) is 25.7 Å². The molecule has 1 aliphatic carbocycles. The third-order valence-electron chi connectivity index (χ3n) is 8.63. The van der Waals surface area contributed by atoms with Crippen molar-refractivity contribution >= 4 is 17.7 Å². The molecule has 1 heterocycles. The van der Waals surface area contributed by atoms with Crippen LogP contribution in [-0.2, 0) is 11.2 Å². The quantitative estimate of drug-likeness (QED) is 0.166. The second kappa shape index (κ2) is 14.9. The van der Waals surface area contributed by atoms with Crippen LogP contribution in [0.2, 0.25) is 0 Å². The first-order valence-corrected chi connectivity index (χ1v) is 15.5. The Balaban J connectivity index is 1.50. The molecule has 5 rings (SSSR count). The number of carboxylic acids is 1. The number of nitrogens with zero attached hydrogens (tertiary/aromatic N) is 3. The Morgan fingerprint density at radius 1 is 0.848 bits per heavy atom. The van der Waals surface area contributed by atoms with Crippen molar-refractivity contribution < 1.29 is 28.8 Å². The highest BCUT2D eigenvalue weighted by molar-refractivity contribution is 5.87. The van der Waals surface area contributed by atoms with Crippen molar-refractivity contribution in [3.05, 3.63) is 72.4 Å². The van der Waals surface area contributed by atoms with E-state index in [1.165, 1.54) is 19.3 Å². The van der Waals surface area contributed by atoms with Crippen molar-refractivity contribution in [3.63, 3.8) is 0 Å². The third-order valence-corrected chi connectivity index (χ3v) is 8.63. The van der Waals surface area contributed by atoms with Gasteiger partial charge in [0.2, 0.25) is 5.95 Å². The molecule has 0 radical (unpaired) electrons. The summed E-state index contributed by atoms with van der Waals surface area (Å²) in [7, 11) is 8.42. The number of hydrogen-bond donors (Lipinski definition) is 2. The molecular formula is C36H42N4O6. The molecule has 0 aliphatic heterocycles. The van der Waals surface area contributed by atoms with E-state index in [0.717, 1.165) is 29.5 Å². The van der Waals surface area contributed by atoms with Crippen LogP contribution >= 0.6 is 0 Å². The van der Waals surface area contributed by atoms with Crippen LogP contribution in [-0.4, -0.2) is 68.6 Å². The number of nitrogens with one attached hydrogen (secondary N) is 1. The van der Waals surface area contributed by atoms with E-state index in [2.05, 4.69) is 10.2 Å². The molecule has 4 aromatic rings. The van der Waals surface area contributed by atoms with Crippen LogP contribution in [0, 0.1) is 0 Å². The van der Waals surface area contributed by atoms with Gasteiger partial charge >= 0.3 is 5.97 Å². The summed E-state index contributed by atoms with van der Waals surface area (Å²) in [5.74, 6) is 2.42. The molecule has 0 spiro atoms. The van der Waals surface area contributed by atoms with Gasteiger partial charge in [-0.05, 0) is 48.2 Å². The van der Waals surface area contributed by atoms with Gasteiger partial charge in [0.1, 0.15) is 34.9 Å². The molecule has 1 saturated carbocycles. The summed E-state index contributed by atoms with van der Waals surface area (Å²) >= 11 is 0. The number of rotatable bonds is 13. The van der Waals surface area contributed by atoms with Crippen LogP contribution in [0.4, 0.5) is 11.8 Å². The average Bonchev–Trinajstić information content (AvgIpc) is 3.10. The zero-order valence-corrected chi connectivity index (χ0v) is 27.1. The van der Waals surface area contributed by atoms with Crippen LogP contribution < -0.4 is 29.2 Å². The number of methoxy groups -OCH3 is 4. The number of aliphatic carboxylic acids is 1. The summed E-state index contributed by atoms with van der Waals surface area (Å²) in [6, 6.07) is 18.2. The smallest absolute Gasteiger partial charge is 0.326 e. The molecule has 0 unspecified atom stereocenters. The maximum Gasteiger partial charge on any atom is 0.326 e. The molecule has 0 bridgehead atoms. The minimum absolute atomic E-state index is 0.207. The van der Waals surface area contributed by atoms with E-state index in [0.29, 0.717) is 51.9 Å². The molecule has 2 N–H and O–H groups in total. The van der Waals surface area contributed by atoms with Crippen molar-refractivity contribution in [2.24, 2.45) is 0 Å². The first-order chi connectivity index (χ1) is 22.4. The van der Waals surface area contributed by atoms with Gasteiger partial charge in [0.15, 0.2) is 0 Å². The van der Waals surface area contributed by atoms with Gasteiger partial charge in [0.05, 0.1) is 45.1 Å². The SMILES string of the molecule is COc1cccc(OC)c1-c1ccc(C[C@H](Nc2nc(N(C)C3CCCCC3)ncc2-c2c(OC)cccc2OC)C(=O)O)cc1. The van der Waals surface area contributed by atoms with Crippen molar-refractivity contribution in [3.8, 4) is 45.3 Å². The fourth-order valence-corrected chi connectivity index (χ4v) is 6.13.